The average Bonchev–Trinajstić information content (AvgIpc) is 3.07. The van der Waals surface area contributed by atoms with Gasteiger partial charge in [-0.3, -0.25) is 14.4 Å². The molecule has 7 nitrogen and oxygen atoms in total. The van der Waals surface area contributed by atoms with Gasteiger partial charge in [-0.05, 0) is 30.7 Å². The number of para-hydroxylation sites is 1. The molecule has 2 aromatic carbocycles. The molecule has 1 atom stereocenters. The lowest BCUT2D eigenvalue weighted by atomic mass is 10.2. The Morgan fingerprint density at radius 1 is 1.30 bits per heavy atom. The van der Waals surface area contributed by atoms with Crippen molar-refractivity contribution in [1.82, 2.24) is 20.0 Å². The minimum absolute atomic E-state index is 0.0379. The van der Waals surface area contributed by atoms with E-state index in [1.807, 2.05) is 42.5 Å². The van der Waals surface area contributed by atoms with Crippen LogP contribution in [0.25, 0.3) is 10.9 Å². The molecule has 3 aromatic rings. The molecule has 1 N–H and O–H groups in total. The molecular weight excluding hydrogens is 380 g/mol. The first-order valence-electron chi connectivity index (χ1n) is 10.4. The fourth-order valence-electron chi connectivity index (χ4n) is 3.81. The van der Waals surface area contributed by atoms with Crippen molar-refractivity contribution in [1.29, 1.82) is 0 Å². The van der Waals surface area contributed by atoms with Crippen molar-refractivity contribution in [3.05, 3.63) is 54.2 Å². The smallest absolute Gasteiger partial charge is 0.241 e. The van der Waals surface area contributed by atoms with E-state index < -0.39 is 0 Å². The summed E-state index contributed by atoms with van der Waals surface area (Å²) >= 11 is 0. The van der Waals surface area contributed by atoms with Crippen LogP contribution in [0.2, 0.25) is 0 Å². The number of carbonyl (C=O) groups is 1. The summed E-state index contributed by atoms with van der Waals surface area (Å²) in [6.07, 6.45) is 2.85. The number of hydrogen-bond donors (Lipinski definition) is 1. The average molecular weight is 409 g/mol. The quantitative estimate of drug-likeness (QED) is 0.651. The maximum Gasteiger partial charge on any atom is 0.241 e. The molecular formula is C23H28N4O3. The van der Waals surface area contributed by atoms with Gasteiger partial charge < -0.3 is 14.8 Å². The first-order chi connectivity index (χ1) is 14.7. The molecule has 7 heteroatoms. The molecule has 0 saturated carbocycles. The van der Waals surface area contributed by atoms with E-state index in [0.717, 1.165) is 54.0 Å². The molecule has 1 unspecified atom stereocenters. The van der Waals surface area contributed by atoms with E-state index in [-0.39, 0.29) is 18.6 Å². The number of nitrogens with one attached hydrogen (secondary N) is 1. The molecule has 4 rings (SSSR count). The topological polar surface area (TPSA) is 68.6 Å². The third kappa shape index (κ3) is 4.57. The van der Waals surface area contributed by atoms with Gasteiger partial charge in [0, 0.05) is 37.1 Å². The first-order valence-corrected chi connectivity index (χ1v) is 10.4. The molecule has 0 radical (unpaired) electrons. The van der Waals surface area contributed by atoms with Crippen LogP contribution in [0.15, 0.2) is 48.7 Å². The highest BCUT2D eigenvalue weighted by Crippen LogP contribution is 2.29. The van der Waals surface area contributed by atoms with Crippen molar-refractivity contribution in [3.8, 4) is 11.5 Å². The number of hydrogen-bond acceptors (Lipinski definition) is 5. The highest BCUT2D eigenvalue weighted by atomic mass is 16.5. The lowest BCUT2D eigenvalue weighted by Crippen LogP contribution is -2.39. The van der Waals surface area contributed by atoms with Gasteiger partial charge in [-0.25, -0.2) is 0 Å². The zero-order chi connectivity index (χ0) is 20.9. The van der Waals surface area contributed by atoms with Crippen LogP contribution in [-0.2, 0) is 17.9 Å². The predicted octanol–water partition coefficient (Wildman–Crippen LogP) is 2.83. The Balaban J connectivity index is 1.34. The lowest BCUT2D eigenvalue weighted by Gasteiger charge is -2.23. The Kier molecular flexibility index (Phi) is 6.18. The molecule has 1 aliphatic rings. The molecule has 2 heterocycles. The molecule has 0 saturated heterocycles. The highest BCUT2D eigenvalue weighted by molar-refractivity contribution is 5.81. The van der Waals surface area contributed by atoms with Crippen LogP contribution < -0.4 is 14.8 Å². The summed E-state index contributed by atoms with van der Waals surface area (Å²) < 4.78 is 13.3. The minimum atomic E-state index is -0.0379. The van der Waals surface area contributed by atoms with Crippen molar-refractivity contribution in [2.24, 2.45) is 0 Å². The summed E-state index contributed by atoms with van der Waals surface area (Å²) in [4.78, 5) is 14.8. The Hall–Kier alpha value is -3.06. The van der Waals surface area contributed by atoms with Crippen LogP contribution >= 0.6 is 0 Å². The van der Waals surface area contributed by atoms with E-state index >= 15 is 0 Å². The second-order valence-electron chi connectivity index (χ2n) is 7.57. The normalized spacial score (nSPS) is 16.5. The van der Waals surface area contributed by atoms with Crippen LogP contribution in [0.4, 0.5) is 0 Å². The number of aromatic nitrogens is 2. The van der Waals surface area contributed by atoms with E-state index in [0.29, 0.717) is 6.54 Å². The van der Waals surface area contributed by atoms with Crippen LogP contribution in [0.1, 0.15) is 18.9 Å². The second kappa shape index (κ2) is 9.17. The SMILES string of the molecule is CCC1CN(CCNC(=O)Cn2ncc3ccccc32)Cc2cc(OC)ccc2O1. The summed E-state index contributed by atoms with van der Waals surface area (Å²) in [6, 6.07) is 13.8. The molecule has 0 aliphatic carbocycles. The Morgan fingerprint density at radius 2 is 2.17 bits per heavy atom. The fourth-order valence-corrected chi connectivity index (χ4v) is 3.81. The van der Waals surface area contributed by atoms with Crippen molar-refractivity contribution >= 4 is 16.8 Å². The number of ether oxygens (including phenoxy) is 2. The van der Waals surface area contributed by atoms with Gasteiger partial charge in [-0.15, -0.1) is 0 Å². The molecule has 1 aromatic heterocycles. The number of rotatable bonds is 7. The van der Waals surface area contributed by atoms with Crippen molar-refractivity contribution in [3.63, 3.8) is 0 Å². The highest BCUT2D eigenvalue weighted by Gasteiger charge is 2.22. The monoisotopic (exact) mass is 408 g/mol. The summed E-state index contributed by atoms with van der Waals surface area (Å²) in [5, 5.41) is 8.39. The van der Waals surface area contributed by atoms with Gasteiger partial charge in [-0.1, -0.05) is 25.1 Å². The zero-order valence-corrected chi connectivity index (χ0v) is 17.5. The Morgan fingerprint density at radius 3 is 3.00 bits per heavy atom. The van der Waals surface area contributed by atoms with Crippen molar-refractivity contribution in [2.45, 2.75) is 32.5 Å². The molecule has 0 fully saturated rings. The summed E-state index contributed by atoms with van der Waals surface area (Å²) in [5.74, 6) is 1.70. The largest absolute Gasteiger partial charge is 0.497 e. The van der Waals surface area contributed by atoms with Crippen LogP contribution in [0.5, 0.6) is 11.5 Å². The zero-order valence-electron chi connectivity index (χ0n) is 17.5. The predicted molar refractivity (Wildman–Crippen MR) is 116 cm³/mol. The van der Waals surface area contributed by atoms with Crippen LogP contribution in [0, 0.1) is 0 Å². The maximum atomic E-state index is 12.4. The molecule has 30 heavy (non-hydrogen) atoms. The Bertz CT molecular complexity index is 1020. The second-order valence-corrected chi connectivity index (χ2v) is 7.57. The minimum Gasteiger partial charge on any atom is -0.497 e. The van der Waals surface area contributed by atoms with E-state index in [2.05, 4.69) is 22.2 Å². The number of benzene rings is 2. The summed E-state index contributed by atoms with van der Waals surface area (Å²) in [7, 11) is 1.67. The van der Waals surface area contributed by atoms with Crippen molar-refractivity contribution < 1.29 is 14.3 Å². The fraction of sp³-hybridized carbons (Fsp3) is 0.391. The van der Waals surface area contributed by atoms with Gasteiger partial charge >= 0.3 is 0 Å². The lowest BCUT2D eigenvalue weighted by molar-refractivity contribution is -0.121. The van der Waals surface area contributed by atoms with Crippen LogP contribution in [0.3, 0.4) is 0 Å². The molecule has 1 amide bonds. The summed E-state index contributed by atoms with van der Waals surface area (Å²) in [6.45, 7) is 5.27. The van der Waals surface area contributed by atoms with Gasteiger partial charge in [0.1, 0.15) is 24.1 Å². The number of nitrogens with zero attached hydrogens (tertiary/aromatic N) is 3. The molecule has 1 aliphatic heterocycles. The maximum absolute atomic E-state index is 12.4. The van der Waals surface area contributed by atoms with E-state index in [1.165, 1.54) is 0 Å². The number of amides is 1. The van der Waals surface area contributed by atoms with E-state index in [9.17, 15) is 4.79 Å². The standard InChI is InChI=1S/C23H28N4O3/c1-3-19-15-26(14-18-12-20(29-2)8-9-22(18)30-19)11-10-24-23(28)16-27-21-7-5-4-6-17(21)13-25-27/h4-9,12-13,19H,3,10-11,14-16H2,1-2H3,(H,24,28). The van der Waals surface area contributed by atoms with E-state index in [1.54, 1.807) is 18.0 Å². The van der Waals surface area contributed by atoms with Gasteiger partial charge in [-0.2, -0.15) is 5.10 Å². The number of carbonyl (C=O) groups excluding carboxylic acids is 1. The molecule has 0 bridgehead atoms. The van der Waals surface area contributed by atoms with Crippen LogP contribution in [-0.4, -0.2) is 53.4 Å². The Labute approximate surface area is 176 Å². The van der Waals surface area contributed by atoms with E-state index in [4.69, 9.17) is 9.47 Å². The first kappa shape index (κ1) is 20.2. The van der Waals surface area contributed by atoms with Gasteiger partial charge in [0.2, 0.25) is 5.91 Å². The van der Waals surface area contributed by atoms with Gasteiger partial charge in [0.25, 0.3) is 0 Å². The molecule has 158 valence electrons. The third-order valence-electron chi connectivity index (χ3n) is 5.47. The number of fused-ring (bicyclic) bond motifs is 2. The van der Waals surface area contributed by atoms with Gasteiger partial charge in [0.05, 0.1) is 18.8 Å². The number of methoxy groups -OCH3 is 1. The van der Waals surface area contributed by atoms with Crippen molar-refractivity contribution in [2.75, 3.05) is 26.7 Å². The third-order valence-corrected chi connectivity index (χ3v) is 5.47. The molecule has 0 spiro atoms. The summed E-state index contributed by atoms with van der Waals surface area (Å²) in [5.41, 5.74) is 2.08. The van der Waals surface area contributed by atoms with Gasteiger partial charge in [0.15, 0.2) is 0 Å².